The summed E-state index contributed by atoms with van der Waals surface area (Å²) in [5.74, 6) is -0.000595. The van der Waals surface area contributed by atoms with Crippen molar-refractivity contribution in [3.63, 3.8) is 0 Å². The SMILES string of the molecule is N#Cc1ccc2c(c1)N1CCc3ccccc3C1C(=O)N2. The van der Waals surface area contributed by atoms with E-state index in [1.54, 1.807) is 6.07 Å². The molecule has 1 N–H and O–H groups in total. The van der Waals surface area contributed by atoms with Crippen LogP contribution in [0.15, 0.2) is 42.5 Å². The van der Waals surface area contributed by atoms with Gasteiger partial charge in [-0.15, -0.1) is 0 Å². The van der Waals surface area contributed by atoms with Crippen LogP contribution in [0.25, 0.3) is 0 Å². The van der Waals surface area contributed by atoms with Gasteiger partial charge in [0, 0.05) is 6.54 Å². The zero-order chi connectivity index (χ0) is 14.4. The van der Waals surface area contributed by atoms with Gasteiger partial charge in [0.15, 0.2) is 0 Å². The summed E-state index contributed by atoms with van der Waals surface area (Å²) < 4.78 is 0. The highest BCUT2D eigenvalue weighted by atomic mass is 16.2. The summed E-state index contributed by atoms with van der Waals surface area (Å²) in [6.07, 6.45) is 0.913. The van der Waals surface area contributed by atoms with Gasteiger partial charge in [0.2, 0.25) is 0 Å². The van der Waals surface area contributed by atoms with Crippen molar-refractivity contribution in [2.45, 2.75) is 12.5 Å². The third kappa shape index (κ3) is 1.71. The standard InChI is InChI=1S/C17H13N3O/c18-10-11-5-6-14-15(9-11)20-8-7-12-3-1-2-4-13(12)16(20)17(21)19-14/h1-6,9,16H,7-8H2,(H,19,21). The molecular weight excluding hydrogens is 262 g/mol. The Balaban J connectivity index is 1.88. The normalized spacial score (nSPS) is 18.9. The van der Waals surface area contributed by atoms with Crippen molar-refractivity contribution >= 4 is 17.3 Å². The largest absolute Gasteiger partial charge is 0.354 e. The van der Waals surface area contributed by atoms with E-state index in [1.807, 2.05) is 30.3 Å². The van der Waals surface area contributed by atoms with Gasteiger partial charge in [0.1, 0.15) is 6.04 Å². The van der Waals surface area contributed by atoms with Crippen LogP contribution in [-0.4, -0.2) is 12.5 Å². The van der Waals surface area contributed by atoms with Crippen LogP contribution < -0.4 is 10.2 Å². The number of fused-ring (bicyclic) bond motifs is 5. The highest BCUT2D eigenvalue weighted by Gasteiger charge is 2.37. The maximum atomic E-state index is 12.5. The lowest BCUT2D eigenvalue weighted by Crippen LogP contribution is -2.45. The molecule has 2 aromatic rings. The maximum absolute atomic E-state index is 12.5. The van der Waals surface area contributed by atoms with Crippen LogP contribution in [0.1, 0.15) is 22.7 Å². The van der Waals surface area contributed by atoms with Gasteiger partial charge in [-0.1, -0.05) is 24.3 Å². The van der Waals surface area contributed by atoms with Crippen molar-refractivity contribution in [3.8, 4) is 6.07 Å². The van der Waals surface area contributed by atoms with Crippen LogP contribution in [0, 0.1) is 11.3 Å². The summed E-state index contributed by atoms with van der Waals surface area (Å²) in [7, 11) is 0. The van der Waals surface area contributed by atoms with E-state index < -0.39 is 0 Å². The molecule has 0 radical (unpaired) electrons. The Morgan fingerprint density at radius 3 is 2.95 bits per heavy atom. The molecule has 1 amide bonds. The molecule has 0 fully saturated rings. The monoisotopic (exact) mass is 275 g/mol. The number of amides is 1. The molecule has 21 heavy (non-hydrogen) atoms. The smallest absolute Gasteiger partial charge is 0.251 e. The predicted molar refractivity (Wildman–Crippen MR) is 80.0 cm³/mol. The molecule has 2 heterocycles. The second-order valence-electron chi connectivity index (χ2n) is 5.38. The van der Waals surface area contributed by atoms with Gasteiger partial charge >= 0.3 is 0 Å². The molecule has 2 aliphatic heterocycles. The summed E-state index contributed by atoms with van der Waals surface area (Å²) in [6, 6.07) is 15.4. The van der Waals surface area contributed by atoms with E-state index in [9.17, 15) is 4.79 Å². The van der Waals surface area contributed by atoms with Gasteiger partial charge in [-0.05, 0) is 35.7 Å². The Kier molecular flexibility index (Phi) is 2.48. The van der Waals surface area contributed by atoms with Crippen molar-refractivity contribution in [1.82, 2.24) is 0 Å². The van der Waals surface area contributed by atoms with Crippen LogP contribution in [0.3, 0.4) is 0 Å². The quantitative estimate of drug-likeness (QED) is 0.804. The van der Waals surface area contributed by atoms with Crippen molar-refractivity contribution in [2.24, 2.45) is 0 Å². The first-order valence-electron chi connectivity index (χ1n) is 6.97. The predicted octanol–water partition coefficient (Wildman–Crippen LogP) is 2.61. The summed E-state index contributed by atoms with van der Waals surface area (Å²) in [5.41, 5.74) is 4.63. The molecule has 0 aromatic heterocycles. The van der Waals surface area contributed by atoms with Crippen LogP contribution in [0.4, 0.5) is 11.4 Å². The average molecular weight is 275 g/mol. The number of benzene rings is 2. The van der Waals surface area contributed by atoms with Crippen molar-refractivity contribution < 1.29 is 4.79 Å². The number of nitrogens with one attached hydrogen (secondary N) is 1. The molecule has 102 valence electrons. The van der Waals surface area contributed by atoms with Gasteiger partial charge in [0.25, 0.3) is 5.91 Å². The van der Waals surface area contributed by atoms with Gasteiger partial charge < -0.3 is 10.2 Å². The zero-order valence-electron chi connectivity index (χ0n) is 11.3. The Bertz CT molecular complexity index is 791. The van der Waals surface area contributed by atoms with Crippen LogP contribution in [0.5, 0.6) is 0 Å². The van der Waals surface area contributed by atoms with Crippen LogP contribution in [-0.2, 0) is 11.2 Å². The second-order valence-corrected chi connectivity index (χ2v) is 5.38. The molecule has 0 bridgehead atoms. The number of nitrogens with zero attached hydrogens (tertiary/aromatic N) is 2. The average Bonchev–Trinajstić information content (AvgIpc) is 2.54. The van der Waals surface area contributed by atoms with Gasteiger partial charge in [0.05, 0.1) is 23.0 Å². The lowest BCUT2D eigenvalue weighted by molar-refractivity contribution is -0.117. The molecular formula is C17H13N3O. The van der Waals surface area contributed by atoms with E-state index in [0.29, 0.717) is 5.56 Å². The van der Waals surface area contributed by atoms with Crippen molar-refractivity contribution in [1.29, 1.82) is 5.26 Å². The second kappa shape index (κ2) is 4.35. The third-order valence-electron chi connectivity index (χ3n) is 4.23. The first kappa shape index (κ1) is 12.0. The maximum Gasteiger partial charge on any atom is 0.251 e. The minimum Gasteiger partial charge on any atom is -0.354 e. The van der Waals surface area contributed by atoms with E-state index in [1.165, 1.54) is 5.56 Å². The summed E-state index contributed by atoms with van der Waals surface area (Å²) in [5, 5.41) is 12.1. The molecule has 4 nitrogen and oxygen atoms in total. The van der Waals surface area contributed by atoms with Crippen LogP contribution >= 0.6 is 0 Å². The molecule has 0 spiro atoms. The number of nitriles is 1. The van der Waals surface area contributed by atoms with E-state index in [0.717, 1.165) is 29.9 Å². The highest BCUT2D eigenvalue weighted by molar-refractivity contribution is 6.04. The molecule has 4 heteroatoms. The van der Waals surface area contributed by atoms with Gasteiger partial charge in [-0.3, -0.25) is 4.79 Å². The fourth-order valence-corrected chi connectivity index (χ4v) is 3.25. The zero-order valence-corrected chi connectivity index (χ0v) is 11.3. The van der Waals surface area contributed by atoms with Gasteiger partial charge in [-0.2, -0.15) is 5.26 Å². The lowest BCUT2D eigenvalue weighted by atomic mass is 9.89. The lowest BCUT2D eigenvalue weighted by Gasteiger charge is -2.42. The van der Waals surface area contributed by atoms with E-state index in [2.05, 4.69) is 22.4 Å². The first-order chi connectivity index (χ1) is 10.3. The third-order valence-corrected chi connectivity index (χ3v) is 4.23. The topological polar surface area (TPSA) is 56.1 Å². The molecule has 0 saturated heterocycles. The molecule has 0 aliphatic carbocycles. The Morgan fingerprint density at radius 1 is 1.24 bits per heavy atom. The van der Waals surface area contributed by atoms with Crippen molar-refractivity contribution in [2.75, 3.05) is 16.8 Å². The number of hydrogen-bond donors (Lipinski definition) is 1. The fourth-order valence-electron chi connectivity index (χ4n) is 3.25. The van der Waals surface area contributed by atoms with Gasteiger partial charge in [-0.25, -0.2) is 0 Å². The fraction of sp³-hybridized carbons (Fsp3) is 0.176. The number of carbonyl (C=O) groups is 1. The summed E-state index contributed by atoms with van der Waals surface area (Å²) >= 11 is 0. The highest BCUT2D eigenvalue weighted by Crippen LogP contribution is 2.41. The molecule has 1 atom stereocenters. The van der Waals surface area contributed by atoms with E-state index in [4.69, 9.17) is 5.26 Å². The number of anilines is 2. The molecule has 1 unspecified atom stereocenters. The molecule has 2 aromatic carbocycles. The molecule has 0 saturated carbocycles. The minimum atomic E-state index is -0.295. The van der Waals surface area contributed by atoms with E-state index >= 15 is 0 Å². The Labute approximate surface area is 122 Å². The Morgan fingerprint density at radius 2 is 2.10 bits per heavy atom. The molecule has 2 aliphatic rings. The number of hydrogen-bond acceptors (Lipinski definition) is 3. The first-order valence-corrected chi connectivity index (χ1v) is 6.97. The van der Waals surface area contributed by atoms with Crippen molar-refractivity contribution in [3.05, 3.63) is 59.2 Å². The summed E-state index contributed by atoms with van der Waals surface area (Å²) in [4.78, 5) is 14.6. The van der Waals surface area contributed by atoms with E-state index in [-0.39, 0.29) is 11.9 Å². The number of rotatable bonds is 0. The molecule has 4 rings (SSSR count). The minimum absolute atomic E-state index is 0.000595. The summed E-state index contributed by atoms with van der Waals surface area (Å²) in [6.45, 7) is 0.789. The number of carbonyl (C=O) groups excluding carboxylic acids is 1. The van der Waals surface area contributed by atoms with Crippen LogP contribution in [0.2, 0.25) is 0 Å². The Hall–Kier alpha value is -2.80.